The van der Waals surface area contributed by atoms with Gasteiger partial charge in [0, 0.05) is 24.0 Å². The quantitative estimate of drug-likeness (QED) is 0.139. The zero-order chi connectivity index (χ0) is 41.2. The first-order chi connectivity index (χ1) is 26.8. The number of nitrogens with zero attached hydrogens (tertiary/aromatic N) is 4. The van der Waals surface area contributed by atoms with Gasteiger partial charge < -0.3 is 36.2 Å². The number of rotatable bonds is 14. The maximum Gasteiger partial charge on any atom is 0.315 e. The highest BCUT2D eigenvalue weighted by Gasteiger charge is 2.47. The fourth-order valence-electron chi connectivity index (χ4n) is 7.03. The molecule has 3 aromatic rings. The summed E-state index contributed by atoms with van der Waals surface area (Å²) in [6.45, 7) is 15.1. The van der Waals surface area contributed by atoms with Gasteiger partial charge in [0.1, 0.15) is 34.4 Å². The zero-order valence-corrected chi connectivity index (χ0v) is 35.0. The number of likely N-dealkylation sites (tertiary alicyclic amines) is 1. The van der Waals surface area contributed by atoms with E-state index in [4.69, 9.17) is 19.7 Å². The lowest BCUT2D eigenvalue weighted by Crippen LogP contribution is -2.61. The maximum absolute atomic E-state index is 14.7. The van der Waals surface area contributed by atoms with Crippen molar-refractivity contribution in [1.82, 2.24) is 41.1 Å². The van der Waals surface area contributed by atoms with E-state index in [1.54, 1.807) is 0 Å². The molecule has 308 valence electrons. The Morgan fingerprint density at radius 1 is 0.947 bits per heavy atom. The van der Waals surface area contributed by atoms with E-state index >= 15 is 0 Å². The van der Waals surface area contributed by atoms with Crippen molar-refractivity contribution in [3.63, 3.8) is 0 Å². The van der Waals surface area contributed by atoms with Gasteiger partial charge >= 0.3 is 6.03 Å². The minimum absolute atomic E-state index is 0.00623. The van der Waals surface area contributed by atoms with Crippen LogP contribution in [0.15, 0.2) is 29.6 Å². The molecule has 4 atom stereocenters. The van der Waals surface area contributed by atoms with E-state index in [1.807, 2.05) is 85.0 Å². The number of fused-ring (bicyclic) bond motifs is 1. The van der Waals surface area contributed by atoms with Crippen molar-refractivity contribution in [3.05, 3.63) is 29.6 Å². The first-order valence-electron chi connectivity index (χ1n) is 20.0. The smallest absolute Gasteiger partial charge is 0.315 e. The van der Waals surface area contributed by atoms with E-state index in [2.05, 4.69) is 26.6 Å². The summed E-state index contributed by atoms with van der Waals surface area (Å²) in [5.41, 5.74) is -0.122. The third kappa shape index (κ3) is 10.8. The number of hydrogen-bond acceptors (Lipinski definition) is 11. The Balaban J connectivity index is 1.30. The van der Waals surface area contributed by atoms with Crippen LogP contribution in [-0.2, 0) is 19.2 Å². The number of ether oxygens (including phenoxy) is 1. The van der Waals surface area contributed by atoms with Crippen molar-refractivity contribution in [2.45, 2.75) is 142 Å². The number of carbonyl (C=O) groups excluding carboxylic acids is 5. The molecule has 4 heterocycles. The second kappa shape index (κ2) is 16.9. The Bertz CT molecular complexity index is 1980. The molecule has 1 saturated heterocycles. The van der Waals surface area contributed by atoms with Crippen LogP contribution < -0.4 is 31.3 Å². The summed E-state index contributed by atoms with van der Waals surface area (Å²) in [5.74, 6) is -0.911. The maximum atomic E-state index is 14.7. The van der Waals surface area contributed by atoms with Crippen molar-refractivity contribution in [2.75, 3.05) is 11.9 Å². The van der Waals surface area contributed by atoms with Gasteiger partial charge in [-0.1, -0.05) is 46.1 Å². The van der Waals surface area contributed by atoms with Crippen LogP contribution in [0.4, 0.5) is 10.6 Å². The number of carbonyl (C=O) groups is 5. The van der Waals surface area contributed by atoms with Gasteiger partial charge in [0.2, 0.25) is 23.5 Å². The van der Waals surface area contributed by atoms with Crippen molar-refractivity contribution >= 4 is 56.9 Å². The van der Waals surface area contributed by atoms with Gasteiger partial charge in [-0.25, -0.2) is 14.8 Å². The number of amides is 5. The molecular weight excluding hydrogens is 747 g/mol. The van der Waals surface area contributed by atoms with Crippen LogP contribution in [0.5, 0.6) is 5.88 Å². The summed E-state index contributed by atoms with van der Waals surface area (Å²) in [4.78, 5) is 84.5. The third-order valence-electron chi connectivity index (χ3n) is 10.3. The minimum Gasteiger partial charge on any atom is -0.471 e. The number of hydrogen-bond donors (Lipinski definition) is 5. The Labute approximate surface area is 338 Å². The largest absolute Gasteiger partial charge is 0.471 e. The number of nitrogens with one attached hydrogen (secondary N) is 5. The number of ketones is 1. The lowest BCUT2D eigenvalue weighted by molar-refractivity contribution is -0.144. The standard InChI is InChI=1S/C41H57N9O6S/c1-22(2)42-30-14-10-13-27(44-30)34-45-26-17-18-57-32(26)37(48-34)56-25-20-29(50(21-25)38(54)33(40(3,4)5)47-39(55)49-41(6,7)8)35(52)46-28(19-23-11-9-12-23)31(51)36(53)43-24-15-16-24/h10,13-14,17-18,22-25,28-29,33H,9,11-12,15-16,19-21H2,1-8H3,(H,42,44)(H,43,53)(H,46,52)(H2,47,49,55)/t25-,28+,29+,33-/m1/s1. The molecule has 16 heteroatoms. The van der Waals surface area contributed by atoms with E-state index in [0.29, 0.717) is 34.0 Å². The van der Waals surface area contributed by atoms with Crippen molar-refractivity contribution in [3.8, 4) is 17.4 Å². The Hall–Kier alpha value is -4.86. The van der Waals surface area contributed by atoms with Crippen molar-refractivity contribution in [1.29, 1.82) is 0 Å². The number of pyridine rings is 1. The SMILES string of the molecule is CC(C)Nc1cccc(-c2nc(O[C@@H]3C[C@@H](C(=O)N[C@@H](CC4CCC4)C(=O)C(=O)NC4CC4)N(C(=O)[C@@H](NC(=O)NC(C)(C)C)C(C)(C)C)C3)c3sccc3n2)n1. The first kappa shape index (κ1) is 41.8. The van der Waals surface area contributed by atoms with E-state index in [9.17, 15) is 24.0 Å². The molecule has 57 heavy (non-hydrogen) atoms. The van der Waals surface area contributed by atoms with E-state index < -0.39 is 64.7 Å². The molecular formula is C41H57N9O6S. The van der Waals surface area contributed by atoms with Crippen molar-refractivity contribution < 1.29 is 28.7 Å². The number of aromatic nitrogens is 3. The Morgan fingerprint density at radius 2 is 1.68 bits per heavy atom. The summed E-state index contributed by atoms with van der Waals surface area (Å²) in [6, 6.07) is 3.90. The van der Waals surface area contributed by atoms with Crippen LogP contribution >= 0.6 is 11.3 Å². The molecule has 2 saturated carbocycles. The molecule has 2 aliphatic carbocycles. The highest BCUT2D eigenvalue weighted by molar-refractivity contribution is 7.17. The highest BCUT2D eigenvalue weighted by Crippen LogP contribution is 2.35. The van der Waals surface area contributed by atoms with Crippen LogP contribution in [0.3, 0.4) is 0 Å². The van der Waals surface area contributed by atoms with Gasteiger partial charge in [0.25, 0.3) is 5.91 Å². The summed E-state index contributed by atoms with van der Waals surface area (Å²) < 4.78 is 7.32. The molecule has 3 fully saturated rings. The lowest BCUT2D eigenvalue weighted by atomic mass is 9.80. The minimum atomic E-state index is -1.08. The fourth-order valence-corrected chi connectivity index (χ4v) is 7.79. The average molecular weight is 804 g/mol. The predicted molar refractivity (Wildman–Crippen MR) is 219 cm³/mol. The van der Waals surface area contributed by atoms with Gasteiger partial charge in [-0.15, -0.1) is 11.3 Å². The number of Topliss-reactive ketones (excluding diaryl/α,β-unsaturated/α-hetero) is 1. The van der Waals surface area contributed by atoms with Crippen LogP contribution in [0.1, 0.15) is 100 Å². The van der Waals surface area contributed by atoms with Gasteiger partial charge in [-0.05, 0) is 88.8 Å². The Kier molecular flexibility index (Phi) is 12.4. The third-order valence-corrected chi connectivity index (χ3v) is 11.1. The predicted octanol–water partition coefficient (Wildman–Crippen LogP) is 4.96. The van der Waals surface area contributed by atoms with Gasteiger partial charge in [-0.3, -0.25) is 19.2 Å². The molecule has 0 unspecified atom stereocenters. The fraction of sp³-hybridized carbons (Fsp3) is 0.610. The van der Waals surface area contributed by atoms with Crippen LogP contribution in [0.2, 0.25) is 0 Å². The zero-order valence-electron chi connectivity index (χ0n) is 34.2. The lowest BCUT2D eigenvalue weighted by Gasteiger charge is -2.36. The molecule has 3 aromatic heterocycles. The van der Waals surface area contributed by atoms with Gasteiger partial charge in [0.15, 0.2) is 5.82 Å². The molecule has 5 amide bonds. The second-order valence-corrected chi connectivity index (χ2v) is 18.9. The molecule has 0 aromatic carbocycles. The topological polar surface area (TPSA) is 197 Å². The molecule has 0 radical (unpaired) electrons. The summed E-state index contributed by atoms with van der Waals surface area (Å²) in [7, 11) is 0. The van der Waals surface area contributed by atoms with Crippen LogP contribution in [0, 0.1) is 11.3 Å². The number of thiophene rings is 1. The van der Waals surface area contributed by atoms with Gasteiger partial charge in [0.05, 0.1) is 18.1 Å². The summed E-state index contributed by atoms with van der Waals surface area (Å²) >= 11 is 1.41. The Morgan fingerprint density at radius 3 is 2.32 bits per heavy atom. The number of urea groups is 1. The van der Waals surface area contributed by atoms with Crippen molar-refractivity contribution in [2.24, 2.45) is 11.3 Å². The highest BCUT2D eigenvalue weighted by atomic mass is 32.1. The molecule has 5 N–H and O–H groups in total. The molecule has 6 rings (SSSR count). The van der Waals surface area contributed by atoms with E-state index in [1.165, 1.54) is 16.2 Å². The second-order valence-electron chi connectivity index (χ2n) is 18.0. The molecule has 3 aliphatic rings. The molecule has 0 spiro atoms. The van der Waals surface area contributed by atoms with E-state index in [-0.39, 0.29) is 36.8 Å². The molecule has 15 nitrogen and oxygen atoms in total. The van der Waals surface area contributed by atoms with Crippen LogP contribution in [0.25, 0.3) is 21.7 Å². The molecule has 0 bridgehead atoms. The normalized spacial score (nSPS) is 19.7. The summed E-state index contributed by atoms with van der Waals surface area (Å²) in [5, 5.41) is 16.6. The van der Waals surface area contributed by atoms with Gasteiger partial charge in [-0.2, -0.15) is 4.98 Å². The first-order valence-corrected chi connectivity index (χ1v) is 20.9. The molecule has 1 aliphatic heterocycles. The number of anilines is 1. The monoisotopic (exact) mass is 803 g/mol. The van der Waals surface area contributed by atoms with Crippen LogP contribution in [-0.4, -0.2) is 97.8 Å². The average Bonchev–Trinajstić information content (AvgIpc) is 3.60. The summed E-state index contributed by atoms with van der Waals surface area (Å²) in [6.07, 6.45) is 4.19. The van der Waals surface area contributed by atoms with E-state index in [0.717, 1.165) is 32.1 Å².